The minimum atomic E-state index is -0.235. The van der Waals surface area contributed by atoms with E-state index in [0.29, 0.717) is 11.9 Å². The van der Waals surface area contributed by atoms with Crippen molar-refractivity contribution < 1.29 is 4.39 Å². The van der Waals surface area contributed by atoms with Crippen molar-refractivity contribution in [2.45, 2.75) is 32.2 Å². The predicted octanol–water partition coefficient (Wildman–Crippen LogP) is 2.59. The van der Waals surface area contributed by atoms with E-state index < -0.39 is 0 Å². The molecular weight excluding hydrogens is 293 g/mol. The lowest BCUT2D eigenvalue weighted by Crippen LogP contribution is -2.25. The molecule has 1 N–H and O–H groups in total. The highest BCUT2D eigenvalue weighted by Gasteiger charge is 2.23. The molecule has 0 amide bonds. The van der Waals surface area contributed by atoms with E-state index in [4.69, 9.17) is 0 Å². The lowest BCUT2D eigenvalue weighted by molar-refractivity contribution is 0.414. The molecule has 0 spiro atoms. The summed E-state index contributed by atoms with van der Waals surface area (Å²) in [6, 6.07) is 6.89. The number of nitrogens with one attached hydrogen (secondary N) is 1. The van der Waals surface area contributed by atoms with Crippen LogP contribution in [-0.4, -0.2) is 46.3 Å². The SMILES string of the molecule is Cc1nnc(C(C)c2ccc(F)cc2)c(N[C@@H]2CCN(C)C2)n1. The molecule has 6 heteroatoms. The summed E-state index contributed by atoms with van der Waals surface area (Å²) in [5.41, 5.74) is 1.80. The summed E-state index contributed by atoms with van der Waals surface area (Å²) in [4.78, 5) is 6.84. The van der Waals surface area contributed by atoms with Crippen LogP contribution in [0.5, 0.6) is 0 Å². The summed E-state index contributed by atoms with van der Waals surface area (Å²) in [6.07, 6.45) is 1.09. The fourth-order valence-corrected chi connectivity index (χ4v) is 2.97. The smallest absolute Gasteiger partial charge is 0.152 e. The lowest BCUT2D eigenvalue weighted by atomic mass is 9.97. The number of nitrogens with zero attached hydrogens (tertiary/aromatic N) is 4. The first kappa shape index (κ1) is 15.8. The van der Waals surface area contributed by atoms with Gasteiger partial charge in [-0.05, 0) is 44.6 Å². The predicted molar refractivity (Wildman–Crippen MR) is 88.0 cm³/mol. The highest BCUT2D eigenvalue weighted by Crippen LogP contribution is 2.28. The van der Waals surface area contributed by atoms with E-state index in [9.17, 15) is 4.39 Å². The first-order valence-electron chi connectivity index (χ1n) is 7.94. The van der Waals surface area contributed by atoms with Crippen LogP contribution in [0.4, 0.5) is 10.2 Å². The Hall–Kier alpha value is -2.08. The van der Waals surface area contributed by atoms with Gasteiger partial charge in [-0.1, -0.05) is 19.1 Å². The van der Waals surface area contributed by atoms with Crippen LogP contribution in [0.25, 0.3) is 0 Å². The van der Waals surface area contributed by atoms with E-state index in [-0.39, 0.29) is 11.7 Å². The maximum absolute atomic E-state index is 13.1. The van der Waals surface area contributed by atoms with Crippen LogP contribution in [0.15, 0.2) is 24.3 Å². The van der Waals surface area contributed by atoms with Crippen LogP contribution in [0.2, 0.25) is 0 Å². The average Bonchev–Trinajstić information content (AvgIpc) is 2.93. The maximum Gasteiger partial charge on any atom is 0.152 e. The van der Waals surface area contributed by atoms with Crippen molar-refractivity contribution in [1.82, 2.24) is 20.1 Å². The van der Waals surface area contributed by atoms with E-state index in [1.807, 2.05) is 13.8 Å². The second kappa shape index (κ2) is 6.58. The molecular formula is C17H22FN5. The minimum Gasteiger partial charge on any atom is -0.364 e. The molecule has 1 aliphatic heterocycles. The summed E-state index contributed by atoms with van der Waals surface area (Å²) >= 11 is 0. The summed E-state index contributed by atoms with van der Waals surface area (Å²) < 4.78 is 13.1. The molecule has 23 heavy (non-hydrogen) atoms. The second-order valence-electron chi connectivity index (χ2n) is 6.26. The molecule has 1 saturated heterocycles. The number of likely N-dealkylation sites (N-methyl/N-ethyl adjacent to an activating group) is 1. The van der Waals surface area contributed by atoms with Gasteiger partial charge in [-0.2, -0.15) is 0 Å². The number of aryl methyl sites for hydroxylation is 1. The van der Waals surface area contributed by atoms with Gasteiger partial charge < -0.3 is 10.2 Å². The molecule has 5 nitrogen and oxygen atoms in total. The van der Waals surface area contributed by atoms with Gasteiger partial charge in [0.25, 0.3) is 0 Å². The Labute approximate surface area is 136 Å². The molecule has 2 heterocycles. The number of hydrogen-bond acceptors (Lipinski definition) is 5. The normalized spacial score (nSPS) is 19.7. The Bertz CT molecular complexity index is 673. The number of anilines is 1. The Morgan fingerprint density at radius 3 is 2.65 bits per heavy atom. The Kier molecular flexibility index (Phi) is 4.52. The van der Waals surface area contributed by atoms with Gasteiger partial charge in [0, 0.05) is 18.5 Å². The molecule has 1 fully saturated rings. The van der Waals surface area contributed by atoms with Gasteiger partial charge >= 0.3 is 0 Å². The fourth-order valence-electron chi connectivity index (χ4n) is 2.97. The third-order valence-corrected chi connectivity index (χ3v) is 4.33. The standard InChI is InChI=1S/C17H22FN5/c1-11(13-4-6-14(18)7-5-13)16-17(19-12(2)21-22-16)20-15-8-9-23(3)10-15/h4-7,11,15H,8-10H2,1-3H3,(H,19,20,21)/t11?,15-/m1/s1. The van der Waals surface area contributed by atoms with Crippen molar-refractivity contribution in [1.29, 1.82) is 0 Å². The summed E-state index contributed by atoms with van der Waals surface area (Å²) in [5.74, 6) is 1.20. The first-order chi connectivity index (χ1) is 11.0. The molecule has 0 saturated carbocycles. The van der Waals surface area contributed by atoms with Crippen molar-refractivity contribution in [2.75, 3.05) is 25.5 Å². The van der Waals surface area contributed by atoms with Crippen molar-refractivity contribution in [3.8, 4) is 0 Å². The largest absolute Gasteiger partial charge is 0.364 e. The van der Waals surface area contributed by atoms with Crippen LogP contribution in [0.3, 0.4) is 0 Å². The maximum atomic E-state index is 13.1. The quantitative estimate of drug-likeness (QED) is 0.940. The van der Waals surface area contributed by atoms with Gasteiger partial charge in [-0.15, -0.1) is 10.2 Å². The fraction of sp³-hybridized carbons (Fsp3) is 0.471. The third kappa shape index (κ3) is 3.64. The van der Waals surface area contributed by atoms with Crippen molar-refractivity contribution >= 4 is 5.82 Å². The monoisotopic (exact) mass is 315 g/mol. The minimum absolute atomic E-state index is 0.00201. The zero-order chi connectivity index (χ0) is 16.4. The molecule has 2 aromatic rings. The highest BCUT2D eigenvalue weighted by atomic mass is 19.1. The van der Waals surface area contributed by atoms with E-state index in [0.717, 1.165) is 36.6 Å². The van der Waals surface area contributed by atoms with Crippen LogP contribution in [0.1, 0.15) is 36.3 Å². The van der Waals surface area contributed by atoms with Crippen LogP contribution in [0, 0.1) is 12.7 Å². The molecule has 0 radical (unpaired) electrons. The van der Waals surface area contributed by atoms with Crippen molar-refractivity contribution in [3.63, 3.8) is 0 Å². The second-order valence-corrected chi connectivity index (χ2v) is 6.26. The summed E-state index contributed by atoms with van der Waals surface area (Å²) in [5, 5.41) is 12.0. The number of rotatable bonds is 4. The van der Waals surface area contributed by atoms with Gasteiger partial charge in [-0.25, -0.2) is 9.37 Å². The van der Waals surface area contributed by atoms with Crippen molar-refractivity contribution in [2.24, 2.45) is 0 Å². The van der Waals surface area contributed by atoms with E-state index in [1.165, 1.54) is 12.1 Å². The Morgan fingerprint density at radius 2 is 2.00 bits per heavy atom. The number of benzene rings is 1. The third-order valence-electron chi connectivity index (χ3n) is 4.33. The van der Waals surface area contributed by atoms with Gasteiger partial charge in [-0.3, -0.25) is 0 Å². The van der Waals surface area contributed by atoms with E-state index in [1.54, 1.807) is 12.1 Å². The molecule has 1 aliphatic rings. The topological polar surface area (TPSA) is 53.9 Å². The molecule has 0 aliphatic carbocycles. The lowest BCUT2D eigenvalue weighted by Gasteiger charge is -2.19. The molecule has 1 unspecified atom stereocenters. The van der Waals surface area contributed by atoms with Gasteiger partial charge in [0.2, 0.25) is 0 Å². The number of hydrogen-bond donors (Lipinski definition) is 1. The molecule has 3 rings (SSSR count). The van der Waals surface area contributed by atoms with Crippen LogP contribution >= 0.6 is 0 Å². The first-order valence-corrected chi connectivity index (χ1v) is 7.94. The van der Waals surface area contributed by atoms with Gasteiger partial charge in [0.15, 0.2) is 5.82 Å². The van der Waals surface area contributed by atoms with Crippen molar-refractivity contribution in [3.05, 3.63) is 47.2 Å². The van der Waals surface area contributed by atoms with Crippen LogP contribution in [-0.2, 0) is 0 Å². The summed E-state index contributed by atoms with van der Waals surface area (Å²) in [7, 11) is 2.12. The molecule has 1 aromatic heterocycles. The van der Waals surface area contributed by atoms with Gasteiger partial charge in [0.1, 0.15) is 17.3 Å². The van der Waals surface area contributed by atoms with E-state index >= 15 is 0 Å². The average molecular weight is 315 g/mol. The molecule has 2 atom stereocenters. The number of halogens is 1. The molecule has 1 aromatic carbocycles. The summed E-state index contributed by atoms with van der Waals surface area (Å²) in [6.45, 7) is 5.96. The molecule has 122 valence electrons. The Balaban J connectivity index is 1.87. The number of likely N-dealkylation sites (tertiary alicyclic amines) is 1. The van der Waals surface area contributed by atoms with Crippen LogP contribution < -0.4 is 5.32 Å². The number of aromatic nitrogens is 3. The Morgan fingerprint density at radius 1 is 1.26 bits per heavy atom. The van der Waals surface area contributed by atoms with Gasteiger partial charge in [0.05, 0.1) is 0 Å². The van der Waals surface area contributed by atoms with E-state index in [2.05, 4.69) is 32.4 Å². The zero-order valence-electron chi connectivity index (χ0n) is 13.8. The molecule has 0 bridgehead atoms. The zero-order valence-corrected chi connectivity index (χ0v) is 13.8. The highest BCUT2D eigenvalue weighted by molar-refractivity contribution is 5.46.